The second-order valence-corrected chi connectivity index (χ2v) is 8.15. The highest BCUT2D eigenvalue weighted by Crippen LogP contribution is 2.31. The summed E-state index contributed by atoms with van der Waals surface area (Å²) in [6, 6.07) is 19.2. The lowest BCUT2D eigenvalue weighted by Gasteiger charge is -2.13. The Bertz CT molecular complexity index is 1220. The van der Waals surface area contributed by atoms with E-state index in [1.165, 1.54) is 18.2 Å². The van der Waals surface area contributed by atoms with Crippen molar-refractivity contribution in [3.63, 3.8) is 0 Å². The van der Waals surface area contributed by atoms with Crippen LogP contribution in [0, 0.1) is 9.39 Å². The van der Waals surface area contributed by atoms with E-state index in [0.29, 0.717) is 35.8 Å². The molecule has 7 heteroatoms. The van der Waals surface area contributed by atoms with Gasteiger partial charge >= 0.3 is 5.97 Å². The molecule has 0 amide bonds. The van der Waals surface area contributed by atoms with Crippen molar-refractivity contribution in [2.45, 2.75) is 13.5 Å². The first-order valence-corrected chi connectivity index (χ1v) is 11.0. The van der Waals surface area contributed by atoms with Gasteiger partial charge in [-0.05, 0) is 89.2 Å². The molecule has 0 spiro atoms. The molecule has 0 N–H and O–H groups in total. The summed E-state index contributed by atoms with van der Waals surface area (Å²) in [5.41, 5.74) is 2.28. The number of hydrogen-bond acceptors (Lipinski definition) is 5. The van der Waals surface area contributed by atoms with E-state index in [9.17, 15) is 9.18 Å². The highest BCUT2D eigenvalue weighted by atomic mass is 127. The molecule has 0 radical (unpaired) electrons. The van der Waals surface area contributed by atoms with Crippen LogP contribution in [0.25, 0.3) is 6.08 Å². The van der Waals surface area contributed by atoms with E-state index in [0.717, 1.165) is 9.13 Å². The Kier molecular flexibility index (Phi) is 6.84. The molecule has 162 valence electrons. The lowest BCUT2D eigenvalue weighted by Crippen LogP contribution is -2.05. The molecule has 32 heavy (non-hydrogen) atoms. The number of benzene rings is 3. The van der Waals surface area contributed by atoms with Crippen molar-refractivity contribution in [2.24, 2.45) is 4.99 Å². The molecule has 0 saturated heterocycles. The highest BCUT2D eigenvalue weighted by Gasteiger charge is 2.24. The number of carbonyl (C=O) groups excluding carboxylic acids is 1. The van der Waals surface area contributed by atoms with Crippen molar-refractivity contribution >= 4 is 40.5 Å². The fourth-order valence-electron chi connectivity index (χ4n) is 3.10. The van der Waals surface area contributed by atoms with Crippen LogP contribution in [0.5, 0.6) is 11.5 Å². The topological polar surface area (TPSA) is 57.1 Å². The van der Waals surface area contributed by atoms with Crippen molar-refractivity contribution < 1.29 is 23.4 Å². The second kappa shape index (κ2) is 9.95. The summed E-state index contributed by atoms with van der Waals surface area (Å²) in [4.78, 5) is 16.5. The Morgan fingerprint density at radius 1 is 1.03 bits per heavy atom. The van der Waals surface area contributed by atoms with Crippen molar-refractivity contribution in [3.05, 3.63) is 98.5 Å². The highest BCUT2D eigenvalue weighted by molar-refractivity contribution is 14.1. The number of halogens is 2. The molecule has 1 heterocycles. The SMILES string of the molecule is CCOc1cc(/C=C2\N=C(c3cccc(F)c3)OC2=O)ccc1OCc1cccc(I)c1. The lowest BCUT2D eigenvalue weighted by atomic mass is 10.1. The van der Waals surface area contributed by atoms with Crippen LogP contribution in [-0.4, -0.2) is 18.5 Å². The Morgan fingerprint density at radius 3 is 2.66 bits per heavy atom. The molecule has 0 bridgehead atoms. The number of nitrogens with zero attached hydrogens (tertiary/aromatic N) is 1. The first-order valence-electron chi connectivity index (χ1n) is 9.94. The van der Waals surface area contributed by atoms with E-state index < -0.39 is 11.8 Å². The third kappa shape index (κ3) is 5.34. The van der Waals surface area contributed by atoms with Crippen LogP contribution in [0.1, 0.15) is 23.6 Å². The maximum absolute atomic E-state index is 13.5. The third-order valence-corrected chi connectivity index (χ3v) is 5.22. The first kappa shape index (κ1) is 22.0. The smallest absolute Gasteiger partial charge is 0.363 e. The van der Waals surface area contributed by atoms with Gasteiger partial charge in [0, 0.05) is 9.13 Å². The van der Waals surface area contributed by atoms with Crippen molar-refractivity contribution in [1.82, 2.24) is 0 Å². The van der Waals surface area contributed by atoms with E-state index in [1.807, 2.05) is 31.2 Å². The molecule has 3 aromatic rings. The molecule has 1 aliphatic rings. The largest absolute Gasteiger partial charge is 0.490 e. The second-order valence-electron chi connectivity index (χ2n) is 6.90. The van der Waals surface area contributed by atoms with Gasteiger partial charge in [-0.25, -0.2) is 14.2 Å². The summed E-state index contributed by atoms with van der Waals surface area (Å²) < 4.78 is 31.5. The Labute approximate surface area is 198 Å². The minimum atomic E-state index is -0.596. The fourth-order valence-corrected chi connectivity index (χ4v) is 3.71. The van der Waals surface area contributed by atoms with Gasteiger partial charge in [-0.15, -0.1) is 0 Å². The van der Waals surface area contributed by atoms with Gasteiger partial charge in [0.05, 0.1) is 6.61 Å². The average Bonchev–Trinajstić information content (AvgIpc) is 3.14. The van der Waals surface area contributed by atoms with Crippen LogP contribution in [0.3, 0.4) is 0 Å². The maximum Gasteiger partial charge on any atom is 0.363 e. The van der Waals surface area contributed by atoms with Gasteiger partial charge in [-0.3, -0.25) is 0 Å². The number of hydrogen-bond donors (Lipinski definition) is 0. The van der Waals surface area contributed by atoms with E-state index in [4.69, 9.17) is 14.2 Å². The van der Waals surface area contributed by atoms with Crippen LogP contribution in [0.4, 0.5) is 4.39 Å². The summed E-state index contributed by atoms with van der Waals surface area (Å²) >= 11 is 2.26. The van der Waals surface area contributed by atoms with E-state index in [1.54, 1.807) is 24.3 Å². The van der Waals surface area contributed by atoms with Crippen LogP contribution in [0.15, 0.2) is 77.4 Å². The lowest BCUT2D eigenvalue weighted by molar-refractivity contribution is -0.129. The molecular formula is C25H19FINO4. The molecule has 5 nitrogen and oxygen atoms in total. The molecule has 0 saturated carbocycles. The standard InChI is InChI=1S/C25H19FINO4/c1-2-30-23-13-16(9-10-22(23)31-15-17-5-3-8-20(27)11-17)12-21-25(29)32-24(28-21)18-6-4-7-19(26)14-18/h3-14H,2,15H2,1H3/b21-12-. The van der Waals surface area contributed by atoms with Gasteiger partial charge in [-0.1, -0.05) is 24.3 Å². The number of esters is 1. The molecule has 0 aromatic heterocycles. The summed E-state index contributed by atoms with van der Waals surface area (Å²) in [5.74, 6) is 0.212. The zero-order valence-corrected chi connectivity index (χ0v) is 19.3. The Hall–Kier alpha value is -3.20. The van der Waals surface area contributed by atoms with E-state index in [-0.39, 0.29) is 11.6 Å². The van der Waals surface area contributed by atoms with Crippen molar-refractivity contribution in [3.8, 4) is 11.5 Å². The molecule has 4 rings (SSSR count). The maximum atomic E-state index is 13.5. The number of cyclic esters (lactones) is 1. The minimum Gasteiger partial charge on any atom is -0.490 e. The summed E-state index contributed by atoms with van der Waals surface area (Å²) in [6.07, 6.45) is 1.60. The number of ether oxygens (including phenoxy) is 3. The van der Waals surface area contributed by atoms with Crippen LogP contribution in [0.2, 0.25) is 0 Å². The van der Waals surface area contributed by atoms with E-state index >= 15 is 0 Å². The van der Waals surface area contributed by atoms with Crippen molar-refractivity contribution in [2.75, 3.05) is 6.61 Å². The number of carbonyl (C=O) groups is 1. The Balaban J connectivity index is 1.56. The summed E-state index contributed by atoms with van der Waals surface area (Å²) in [5, 5.41) is 0. The average molecular weight is 543 g/mol. The van der Waals surface area contributed by atoms with Gasteiger partial charge in [-0.2, -0.15) is 0 Å². The Morgan fingerprint density at radius 2 is 1.88 bits per heavy atom. The van der Waals surface area contributed by atoms with Crippen LogP contribution < -0.4 is 9.47 Å². The normalized spacial score (nSPS) is 14.3. The number of rotatable bonds is 7. The molecule has 0 fully saturated rings. The van der Waals surface area contributed by atoms with Gasteiger partial charge in [0.15, 0.2) is 17.2 Å². The molecule has 0 unspecified atom stereocenters. The first-order chi connectivity index (χ1) is 15.5. The molecule has 0 aliphatic carbocycles. The van der Waals surface area contributed by atoms with Gasteiger partial charge in [0.25, 0.3) is 0 Å². The van der Waals surface area contributed by atoms with Gasteiger partial charge in [0.1, 0.15) is 12.4 Å². The third-order valence-electron chi connectivity index (χ3n) is 4.55. The molecule has 0 atom stereocenters. The fraction of sp³-hybridized carbons (Fsp3) is 0.120. The molecule has 1 aliphatic heterocycles. The predicted molar refractivity (Wildman–Crippen MR) is 128 cm³/mol. The van der Waals surface area contributed by atoms with Crippen LogP contribution in [-0.2, 0) is 16.1 Å². The van der Waals surface area contributed by atoms with Crippen LogP contribution >= 0.6 is 22.6 Å². The molecule has 3 aromatic carbocycles. The van der Waals surface area contributed by atoms with Crippen molar-refractivity contribution in [1.29, 1.82) is 0 Å². The monoisotopic (exact) mass is 543 g/mol. The van der Waals surface area contributed by atoms with Gasteiger partial charge < -0.3 is 14.2 Å². The predicted octanol–water partition coefficient (Wildman–Crippen LogP) is 5.75. The zero-order valence-electron chi connectivity index (χ0n) is 17.2. The summed E-state index contributed by atoms with van der Waals surface area (Å²) in [6.45, 7) is 2.76. The minimum absolute atomic E-state index is 0.0724. The van der Waals surface area contributed by atoms with Gasteiger partial charge in [0.2, 0.25) is 5.90 Å². The number of aliphatic imine (C=N–C) groups is 1. The van der Waals surface area contributed by atoms with E-state index in [2.05, 4.69) is 33.6 Å². The quantitative estimate of drug-likeness (QED) is 0.216. The zero-order chi connectivity index (χ0) is 22.5. The molecular weight excluding hydrogens is 524 g/mol. The summed E-state index contributed by atoms with van der Waals surface area (Å²) in [7, 11) is 0.